The number of rotatable bonds is 8. The lowest BCUT2D eigenvalue weighted by Crippen LogP contribution is -2.45. The first-order valence-corrected chi connectivity index (χ1v) is 12.7. The average molecular weight is 522 g/mol. The quantitative estimate of drug-likeness (QED) is 0.333. The number of β-amino-alcohol motifs (C(OH)–C–C–N with tert-alkyl or cyclic N) is 1. The first kappa shape index (κ1) is 25.9. The summed E-state index contributed by atoms with van der Waals surface area (Å²) in [5.74, 6) is -1.73. The van der Waals surface area contributed by atoms with Crippen LogP contribution in [0.4, 0.5) is 18.9 Å². The van der Waals surface area contributed by atoms with Gasteiger partial charge in [-0.05, 0) is 67.3 Å². The highest BCUT2D eigenvalue weighted by Gasteiger charge is 2.36. The molecule has 0 saturated carbocycles. The minimum atomic E-state index is -1.62. The molecule has 4 aromatic rings. The third kappa shape index (κ3) is 6.23. The number of likely N-dealkylation sites (tertiary alicyclic amines) is 1. The lowest BCUT2D eigenvalue weighted by Gasteiger charge is -2.34. The SMILES string of the molecule is OC(CN1CCCC(Nc2ccc(-c3ccc(F)cc3)cc2)CC1)(Cn1cncn1)c1ccc(F)cc1F. The van der Waals surface area contributed by atoms with Crippen LogP contribution >= 0.6 is 0 Å². The van der Waals surface area contributed by atoms with Crippen molar-refractivity contribution in [2.75, 3.05) is 25.0 Å². The standard InChI is InChI=1S/C29H30F3N5O/c30-23-7-3-21(4-8-23)22-5-10-26(11-6-22)35-25-2-1-14-36(15-13-25)17-29(38,18-37-20-33-19-34-37)27-12-9-24(31)16-28(27)32/h3-12,16,19-20,25,35,38H,1-2,13-15,17-18H2. The van der Waals surface area contributed by atoms with E-state index in [1.165, 1.54) is 35.5 Å². The molecule has 0 bridgehead atoms. The van der Waals surface area contributed by atoms with Crippen molar-refractivity contribution in [3.63, 3.8) is 0 Å². The van der Waals surface area contributed by atoms with E-state index in [9.17, 15) is 18.3 Å². The molecule has 3 aromatic carbocycles. The smallest absolute Gasteiger partial charge is 0.137 e. The van der Waals surface area contributed by atoms with Gasteiger partial charge in [-0.2, -0.15) is 5.10 Å². The van der Waals surface area contributed by atoms with Gasteiger partial charge in [-0.1, -0.05) is 30.3 Å². The number of nitrogens with one attached hydrogen (secondary N) is 1. The van der Waals surface area contributed by atoms with Crippen molar-refractivity contribution in [1.29, 1.82) is 0 Å². The number of halogens is 3. The second-order valence-electron chi connectivity index (χ2n) is 9.88. The van der Waals surface area contributed by atoms with Gasteiger partial charge in [-0.25, -0.2) is 22.8 Å². The van der Waals surface area contributed by atoms with Crippen LogP contribution in [0.15, 0.2) is 79.4 Å². The Morgan fingerprint density at radius 2 is 1.58 bits per heavy atom. The van der Waals surface area contributed by atoms with Crippen LogP contribution < -0.4 is 5.32 Å². The molecule has 2 atom stereocenters. The molecule has 2 unspecified atom stereocenters. The lowest BCUT2D eigenvalue weighted by atomic mass is 9.92. The van der Waals surface area contributed by atoms with Gasteiger partial charge in [0.25, 0.3) is 0 Å². The molecule has 0 amide bonds. The summed E-state index contributed by atoms with van der Waals surface area (Å²) in [6, 6.07) is 18.0. The van der Waals surface area contributed by atoms with E-state index < -0.39 is 17.2 Å². The molecule has 1 aliphatic rings. The molecule has 0 radical (unpaired) electrons. The summed E-state index contributed by atoms with van der Waals surface area (Å²) in [6.45, 7) is 1.61. The van der Waals surface area contributed by atoms with Gasteiger partial charge in [0.2, 0.25) is 0 Å². The van der Waals surface area contributed by atoms with Crippen LogP contribution in [0.2, 0.25) is 0 Å². The highest BCUT2D eigenvalue weighted by molar-refractivity contribution is 5.66. The van der Waals surface area contributed by atoms with Gasteiger partial charge in [0.15, 0.2) is 0 Å². The van der Waals surface area contributed by atoms with Gasteiger partial charge in [0.1, 0.15) is 35.7 Å². The molecule has 0 aliphatic carbocycles. The van der Waals surface area contributed by atoms with E-state index in [0.29, 0.717) is 6.54 Å². The van der Waals surface area contributed by atoms with E-state index in [-0.39, 0.29) is 30.5 Å². The van der Waals surface area contributed by atoms with Gasteiger partial charge in [0, 0.05) is 36.4 Å². The molecule has 6 nitrogen and oxygen atoms in total. The number of nitrogens with zero attached hydrogens (tertiary/aromatic N) is 4. The summed E-state index contributed by atoms with van der Waals surface area (Å²) < 4.78 is 43.0. The number of aromatic nitrogens is 3. The summed E-state index contributed by atoms with van der Waals surface area (Å²) in [5, 5.41) is 19.4. The van der Waals surface area contributed by atoms with Crippen molar-refractivity contribution < 1.29 is 18.3 Å². The highest BCUT2D eigenvalue weighted by atomic mass is 19.1. The molecule has 5 rings (SSSR count). The van der Waals surface area contributed by atoms with Gasteiger partial charge in [-0.3, -0.25) is 4.90 Å². The van der Waals surface area contributed by atoms with E-state index in [2.05, 4.69) is 20.3 Å². The van der Waals surface area contributed by atoms with Crippen molar-refractivity contribution >= 4 is 5.69 Å². The number of hydrogen-bond acceptors (Lipinski definition) is 5. The number of aliphatic hydroxyl groups is 1. The van der Waals surface area contributed by atoms with Gasteiger partial charge in [-0.15, -0.1) is 0 Å². The fourth-order valence-corrected chi connectivity index (χ4v) is 5.13. The number of benzene rings is 3. The maximum Gasteiger partial charge on any atom is 0.137 e. The lowest BCUT2D eigenvalue weighted by molar-refractivity contribution is -0.0209. The van der Waals surface area contributed by atoms with Gasteiger partial charge < -0.3 is 10.4 Å². The van der Waals surface area contributed by atoms with Crippen molar-refractivity contribution in [1.82, 2.24) is 19.7 Å². The predicted molar refractivity (Wildman–Crippen MR) is 140 cm³/mol. The van der Waals surface area contributed by atoms with Crippen molar-refractivity contribution in [3.8, 4) is 11.1 Å². The molecule has 198 valence electrons. The van der Waals surface area contributed by atoms with Crippen LogP contribution in [0.25, 0.3) is 11.1 Å². The Kier molecular flexibility index (Phi) is 7.76. The topological polar surface area (TPSA) is 66.2 Å². The Balaban J connectivity index is 1.24. The van der Waals surface area contributed by atoms with Crippen molar-refractivity contribution in [2.45, 2.75) is 37.5 Å². The Morgan fingerprint density at radius 1 is 0.868 bits per heavy atom. The van der Waals surface area contributed by atoms with Gasteiger partial charge in [0.05, 0.1) is 6.54 Å². The van der Waals surface area contributed by atoms with Crippen LogP contribution in [0.3, 0.4) is 0 Å². The molecule has 2 N–H and O–H groups in total. The molecule has 2 heterocycles. The first-order valence-electron chi connectivity index (χ1n) is 12.7. The van der Waals surface area contributed by atoms with Crippen LogP contribution in [-0.2, 0) is 12.1 Å². The zero-order valence-electron chi connectivity index (χ0n) is 20.9. The maximum atomic E-state index is 14.8. The molecule has 1 aromatic heterocycles. The molecule has 1 aliphatic heterocycles. The predicted octanol–water partition coefficient (Wildman–Crippen LogP) is 5.22. The Hall–Kier alpha value is -3.69. The van der Waals surface area contributed by atoms with E-state index in [0.717, 1.165) is 54.8 Å². The molecule has 9 heteroatoms. The minimum absolute atomic E-state index is 0.00582. The summed E-state index contributed by atoms with van der Waals surface area (Å²) in [7, 11) is 0. The summed E-state index contributed by atoms with van der Waals surface area (Å²) in [5.41, 5.74) is 1.40. The van der Waals surface area contributed by atoms with E-state index in [1.807, 2.05) is 24.3 Å². The zero-order chi connectivity index (χ0) is 26.5. The summed E-state index contributed by atoms with van der Waals surface area (Å²) >= 11 is 0. The Bertz CT molecular complexity index is 1330. The van der Waals surface area contributed by atoms with Gasteiger partial charge >= 0.3 is 0 Å². The number of anilines is 1. The number of hydrogen-bond donors (Lipinski definition) is 2. The highest BCUT2D eigenvalue weighted by Crippen LogP contribution is 2.29. The first-order chi connectivity index (χ1) is 18.4. The van der Waals surface area contributed by atoms with Crippen LogP contribution in [0.1, 0.15) is 24.8 Å². The largest absolute Gasteiger partial charge is 0.382 e. The third-order valence-electron chi connectivity index (χ3n) is 7.06. The summed E-state index contributed by atoms with van der Waals surface area (Å²) in [6.07, 6.45) is 5.51. The van der Waals surface area contributed by atoms with Crippen LogP contribution in [0.5, 0.6) is 0 Å². The average Bonchev–Trinajstić information content (AvgIpc) is 3.31. The van der Waals surface area contributed by atoms with Crippen LogP contribution in [-0.4, -0.2) is 50.4 Å². The zero-order valence-corrected chi connectivity index (χ0v) is 20.9. The van der Waals surface area contributed by atoms with Crippen LogP contribution in [0, 0.1) is 17.5 Å². The van der Waals surface area contributed by atoms with Crippen molar-refractivity contribution in [2.24, 2.45) is 0 Å². The molecular formula is C29H30F3N5O. The molecule has 1 fully saturated rings. The van der Waals surface area contributed by atoms with Crippen molar-refractivity contribution in [3.05, 3.63) is 102 Å². The molecule has 0 spiro atoms. The monoisotopic (exact) mass is 521 g/mol. The summed E-state index contributed by atoms with van der Waals surface area (Å²) in [4.78, 5) is 6.05. The molecular weight excluding hydrogens is 491 g/mol. The Labute approximate surface area is 219 Å². The van der Waals surface area contributed by atoms with E-state index >= 15 is 0 Å². The molecule has 38 heavy (non-hydrogen) atoms. The maximum absolute atomic E-state index is 14.8. The second-order valence-corrected chi connectivity index (χ2v) is 9.88. The Morgan fingerprint density at radius 3 is 2.26 bits per heavy atom. The minimum Gasteiger partial charge on any atom is -0.382 e. The van der Waals surface area contributed by atoms with E-state index in [4.69, 9.17) is 0 Å². The third-order valence-corrected chi connectivity index (χ3v) is 7.06. The van der Waals surface area contributed by atoms with E-state index in [1.54, 1.807) is 12.1 Å². The fourth-order valence-electron chi connectivity index (χ4n) is 5.13. The fraction of sp³-hybridized carbons (Fsp3) is 0.310. The normalized spacial score (nSPS) is 18.1. The second kappa shape index (κ2) is 11.4. The molecule has 1 saturated heterocycles.